The van der Waals surface area contributed by atoms with Crippen molar-refractivity contribution in [2.45, 2.75) is 70.8 Å². The van der Waals surface area contributed by atoms with Gasteiger partial charge < -0.3 is 36.8 Å². The largest absolute Gasteiger partial charge is 0.859 e. The molecule has 0 saturated carbocycles. The topological polar surface area (TPSA) is 185 Å². The van der Waals surface area contributed by atoms with E-state index in [1.807, 2.05) is 25.1 Å². The summed E-state index contributed by atoms with van der Waals surface area (Å²) in [6, 6.07) is 6.52. The molecule has 0 bridgehead atoms. The van der Waals surface area contributed by atoms with E-state index < -0.39 is 12.0 Å². The van der Waals surface area contributed by atoms with Crippen molar-refractivity contribution in [3.8, 4) is 5.88 Å². The van der Waals surface area contributed by atoms with Crippen LogP contribution in [0.4, 0.5) is 5.82 Å². The molecule has 2 aromatic rings. The molecule has 0 amide bonds. The standard InChI is InChI=1S/C28H41N6O4/c1-20(19-35)7-4-2-3-5-8-21(15-22-11-13-26(36)32-17-22)10-12-24(34-25-9-6-14-31-25)23(16-27(37)38)18-33-28(29)30/h6,9,11,13-14,16-17,19-21,24,31H,2-5,7-8,10,12,15,18H2,1H3,(H,32,36)(H,37,38)(H4,29,30,33)/q-1/p-1. The Kier molecular flexibility index (Phi) is 13.5. The third-order valence-corrected chi connectivity index (χ3v) is 6.48. The maximum absolute atomic E-state index is 11.6. The first-order chi connectivity index (χ1) is 18.3. The van der Waals surface area contributed by atoms with Crippen molar-refractivity contribution >= 4 is 24.0 Å². The number of nitrogens with zero attached hydrogens (tertiary/aromatic N) is 3. The minimum atomic E-state index is -1.08. The number of carboxylic acid groups (broad SMARTS) is 1. The summed E-state index contributed by atoms with van der Waals surface area (Å²) >= 11 is 0. The molecule has 0 spiro atoms. The lowest BCUT2D eigenvalue weighted by Crippen LogP contribution is -2.24. The lowest BCUT2D eigenvalue weighted by molar-refractivity contribution is -0.275. The van der Waals surface area contributed by atoms with Gasteiger partial charge in [-0.2, -0.15) is 0 Å². The highest BCUT2D eigenvalue weighted by Gasteiger charge is 2.17. The van der Waals surface area contributed by atoms with Gasteiger partial charge in [-0.25, -0.2) is 9.79 Å². The van der Waals surface area contributed by atoms with Gasteiger partial charge in [0.2, 0.25) is 0 Å². The van der Waals surface area contributed by atoms with E-state index in [4.69, 9.17) is 16.8 Å². The first-order valence-corrected chi connectivity index (χ1v) is 13.2. The maximum atomic E-state index is 11.6. The number of aldehydes is 1. The molecule has 2 aromatic heterocycles. The van der Waals surface area contributed by atoms with E-state index in [0.29, 0.717) is 23.7 Å². The van der Waals surface area contributed by atoms with Gasteiger partial charge in [-0.05, 0) is 54.7 Å². The zero-order valence-corrected chi connectivity index (χ0v) is 22.1. The van der Waals surface area contributed by atoms with Gasteiger partial charge in [-0.15, -0.1) is 0 Å². The SMILES string of the molecule is CC(C=O)CCCCCCC(CCC([N-]c1ccc[nH]1)C(=CC(=O)O)CN=C(N)N)Cc1ccc([O-])nc1. The molecule has 2 heterocycles. The minimum absolute atomic E-state index is 0.0439. The summed E-state index contributed by atoms with van der Waals surface area (Å²) in [5, 5.41) is 25.7. The van der Waals surface area contributed by atoms with Crippen molar-refractivity contribution in [3.05, 3.63) is 59.2 Å². The molecule has 3 unspecified atom stereocenters. The average Bonchev–Trinajstić information content (AvgIpc) is 3.40. The van der Waals surface area contributed by atoms with Crippen LogP contribution in [0.25, 0.3) is 5.32 Å². The number of pyridine rings is 1. The molecule has 0 fully saturated rings. The number of aliphatic imine (C=N–C) groups is 1. The molecule has 10 heteroatoms. The normalized spacial score (nSPS) is 13.9. The van der Waals surface area contributed by atoms with Crippen LogP contribution in [-0.4, -0.2) is 45.9 Å². The van der Waals surface area contributed by atoms with Crippen LogP contribution in [0.15, 0.2) is 53.3 Å². The van der Waals surface area contributed by atoms with Crippen LogP contribution in [0.3, 0.4) is 0 Å². The first-order valence-electron chi connectivity index (χ1n) is 13.2. The zero-order chi connectivity index (χ0) is 27.8. The van der Waals surface area contributed by atoms with Crippen LogP contribution in [0, 0.1) is 11.8 Å². The van der Waals surface area contributed by atoms with Crippen molar-refractivity contribution in [2.24, 2.45) is 28.3 Å². The van der Waals surface area contributed by atoms with E-state index in [-0.39, 0.29) is 24.3 Å². The van der Waals surface area contributed by atoms with E-state index >= 15 is 0 Å². The van der Waals surface area contributed by atoms with Gasteiger partial charge in [-0.3, -0.25) is 4.98 Å². The van der Waals surface area contributed by atoms with Gasteiger partial charge >= 0.3 is 5.97 Å². The number of hydrogen-bond donors (Lipinski definition) is 4. The van der Waals surface area contributed by atoms with Gasteiger partial charge in [0.25, 0.3) is 0 Å². The highest BCUT2D eigenvalue weighted by molar-refractivity contribution is 5.81. The predicted molar refractivity (Wildman–Crippen MR) is 147 cm³/mol. The minimum Gasteiger partial charge on any atom is -0.859 e. The summed E-state index contributed by atoms with van der Waals surface area (Å²) < 4.78 is 0. The van der Waals surface area contributed by atoms with Crippen LogP contribution in [0.5, 0.6) is 5.88 Å². The van der Waals surface area contributed by atoms with Crippen molar-refractivity contribution in [1.82, 2.24) is 9.97 Å². The fourth-order valence-electron chi connectivity index (χ4n) is 4.42. The number of aliphatic carboxylic acids is 1. The summed E-state index contributed by atoms with van der Waals surface area (Å²) in [5.74, 6) is -0.420. The summed E-state index contributed by atoms with van der Waals surface area (Å²) in [6.07, 6.45) is 13.8. The molecule has 208 valence electrons. The monoisotopic (exact) mass is 524 g/mol. The Bertz CT molecular complexity index is 1020. The molecule has 3 atom stereocenters. The van der Waals surface area contributed by atoms with E-state index in [2.05, 4.69) is 15.0 Å². The molecule has 0 radical (unpaired) electrons. The number of guanidine groups is 1. The van der Waals surface area contributed by atoms with E-state index in [0.717, 1.165) is 69.3 Å². The molecule has 2 rings (SSSR count). The number of unbranched alkanes of at least 4 members (excludes halogenated alkanes) is 3. The van der Waals surface area contributed by atoms with Crippen LogP contribution in [-0.2, 0) is 16.0 Å². The molecular formula is C28H40N6O4-2. The molecule has 0 aromatic carbocycles. The molecule has 10 nitrogen and oxygen atoms in total. The lowest BCUT2D eigenvalue weighted by Gasteiger charge is -2.29. The lowest BCUT2D eigenvalue weighted by atomic mass is 9.87. The number of nitrogens with two attached hydrogens (primary N) is 2. The quantitative estimate of drug-likeness (QED) is 0.0704. The zero-order valence-electron chi connectivity index (χ0n) is 22.1. The van der Waals surface area contributed by atoms with E-state index in [1.54, 1.807) is 12.4 Å². The Morgan fingerprint density at radius 2 is 1.92 bits per heavy atom. The molecule has 6 N–H and O–H groups in total. The number of aromatic amines is 1. The first kappa shape index (κ1) is 30.4. The number of carboxylic acids is 1. The van der Waals surface area contributed by atoms with Crippen LogP contribution in [0.2, 0.25) is 0 Å². The summed E-state index contributed by atoms with van der Waals surface area (Å²) in [7, 11) is 0. The van der Waals surface area contributed by atoms with E-state index in [9.17, 15) is 19.8 Å². The number of H-pyrrole nitrogens is 1. The van der Waals surface area contributed by atoms with Gasteiger partial charge in [0.15, 0.2) is 5.96 Å². The summed E-state index contributed by atoms with van der Waals surface area (Å²) in [5.41, 5.74) is 12.5. The number of rotatable bonds is 19. The molecule has 38 heavy (non-hydrogen) atoms. The van der Waals surface area contributed by atoms with Crippen molar-refractivity contribution < 1.29 is 19.8 Å². The van der Waals surface area contributed by atoms with Gasteiger partial charge in [0.1, 0.15) is 6.29 Å². The second kappa shape index (κ2) is 16.8. The molecule has 0 aliphatic heterocycles. The predicted octanol–water partition coefficient (Wildman–Crippen LogP) is 3.96. The average molecular weight is 525 g/mol. The highest BCUT2D eigenvalue weighted by atomic mass is 16.4. The summed E-state index contributed by atoms with van der Waals surface area (Å²) in [6.45, 7) is 1.99. The fraction of sp³-hybridized carbons (Fsp3) is 0.500. The van der Waals surface area contributed by atoms with Gasteiger partial charge in [0, 0.05) is 18.2 Å². The van der Waals surface area contributed by atoms with Crippen molar-refractivity contribution in [2.75, 3.05) is 6.54 Å². The Labute approximate surface area is 224 Å². The van der Waals surface area contributed by atoms with Gasteiger partial charge in [0.05, 0.1) is 6.54 Å². The summed E-state index contributed by atoms with van der Waals surface area (Å²) in [4.78, 5) is 33.4. The van der Waals surface area contributed by atoms with Crippen molar-refractivity contribution in [3.63, 3.8) is 0 Å². The van der Waals surface area contributed by atoms with E-state index in [1.165, 1.54) is 6.07 Å². The number of carbonyl (C=O) groups excluding carboxylic acids is 1. The number of aromatic nitrogens is 2. The highest BCUT2D eigenvalue weighted by Crippen LogP contribution is 2.30. The van der Waals surface area contributed by atoms with Crippen LogP contribution < -0.4 is 16.6 Å². The number of nitrogens with one attached hydrogen (secondary N) is 1. The molecule has 0 aliphatic rings. The third-order valence-electron chi connectivity index (χ3n) is 6.48. The molecular weight excluding hydrogens is 484 g/mol. The Hall–Kier alpha value is -3.82. The third kappa shape index (κ3) is 12.4. The fourth-order valence-corrected chi connectivity index (χ4v) is 4.42. The Balaban J connectivity index is 2.11. The van der Waals surface area contributed by atoms with Crippen LogP contribution in [0.1, 0.15) is 63.9 Å². The number of carbonyl (C=O) groups is 2. The molecule has 0 saturated heterocycles. The van der Waals surface area contributed by atoms with Gasteiger partial charge in [-0.1, -0.05) is 75.3 Å². The Morgan fingerprint density at radius 3 is 2.53 bits per heavy atom. The smallest absolute Gasteiger partial charge is 0.328 e. The van der Waals surface area contributed by atoms with Crippen LogP contribution >= 0.6 is 0 Å². The maximum Gasteiger partial charge on any atom is 0.328 e. The second-order valence-corrected chi connectivity index (χ2v) is 9.76. The molecule has 0 aliphatic carbocycles. The Morgan fingerprint density at radius 1 is 1.16 bits per heavy atom. The second-order valence-electron chi connectivity index (χ2n) is 9.76. The van der Waals surface area contributed by atoms with Crippen molar-refractivity contribution in [1.29, 1.82) is 0 Å². The number of hydrogen-bond acceptors (Lipinski definition) is 5.